The summed E-state index contributed by atoms with van der Waals surface area (Å²) in [6, 6.07) is 48.7. The van der Waals surface area contributed by atoms with E-state index in [0.717, 1.165) is 66.7 Å². The molecule has 0 radical (unpaired) electrons. The van der Waals surface area contributed by atoms with Crippen LogP contribution in [-0.2, 0) is 0 Å². The largest absolute Gasteiger partial charge is 0.398 e. The minimum atomic E-state index is -0.307. The van der Waals surface area contributed by atoms with Crippen molar-refractivity contribution < 1.29 is 0 Å². The lowest BCUT2D eigenvalue weighted by Gasteiger charge is -2.24. The zero-order valence-corrected chi connectivity index (χ0v) is 26.4. The summed E-state index contributed by atoms with van der Waals surface area (Å²) in [5, 5.41) is 8.27. The third-order valence-electron chi connectivity index (χ3n) is 9.23. The number of nitrogens with zero attached hydrogens (tertiary/aromatic N) is 4. The van der Waals surface area contributed by atoms with E-state index in [-0.39, 0.29) is 6.17 Å². The Morgan fingerprint density at radius 1 is 0.625 bits per heavy atom. The highest BCUT2D eigenvalue weighted by Gasteiger charge is 2.25. The molecule has 0 saturated carbocycles. The summed E-state index contributed by atoms with van der Waals surface area (Å²) in [6.07, 6.45) is 3.75. The Bertz CT molecular complexity index is 2600. The molecule has 0 amide bonds. The van der Waals surface area contributed by atoms with Gasteiger partial charge in [-0.2, -0.15) is 4.99 Å². The number of para-hydroxylation sites is 2. The number of amidine groups is 1. The Morgan fingerprint density at radius 3 is 1.94 bits per heavy atom. The van der Waals surface area contributed by atoms with Gasteiger partial charge < -0.3 is 15.6 Å². The van der Waals surface area contributed by atoms with Crippen LogP contribution in [0.15, 0.2) is 156 Å². The highest BCUT2D eigenvalue weighted by Crippen LogP contribution is 2.39. The fourth-order valence-corrected chi connectivity index (χ4v) is 7.04. The van der Waals surface area contributed by atoms with Gasteiger partial charge in [-0.15, -0.1) is 0 Å². The van der Waals surface area contributed by atoms with E-state index >= 15 is 0 Å². The number of fused-ring (bicyclic) bond motifs is 6. The first-order valence-corrected chi connectivity index (χ1v) is 16.2. The molecule has 0 fully saturated rings. The molecule has 1 aliphatic rings. The van der Waals surface area contributed by atoms with Crippen molar-refractivity contribution in [1.82, 2.24) is 14.5 Å². The molecule has 1 atom stereocenters. The van der Waals surface area contributed by atoms with E-state index in [1.807, 2.05) is 55.5 Å². The minimum absolute atomic E-state index is 0.307. The first-order valence-electron chi connectivity index (χ1n) is 16.2. The number of aliphatic imine (C=N–C) groups is 2. The van der Waals surface area contributed by atoms with Gasteiger partial charge in [-0.25, -0.2) is 4.99 Å². The minimum Gasteiger partial charge on any atom is -0.398 e. The summed E-state index contributed by atoms with van der Waals surface area (Å²) >= 11 is 0. The number of nitrogens with one attached hydrogen (secondary N) is 1. The van der Waals surface area contributed by atoms with Gasteiger partial charge in [0.05, 0.1) is 22.1 Å². The average molecular weight is 621 g/mol. The molecule has 1 aliphatic heterocycles. The second-order valence-corrected chi connectivity index (χ2v) is 12.1. The van der Waals surface area contributed by atoms with E-state index in [1.54, 1.807) is 0 Å². The third kappa shape index (κ3) is 4.42. The molecule has 6 heteroatoms. The number of aromatic nitrogens is 2. The average Bonchev–Trinajstić information content (AvgIpc) is 3.64. The summed E-state index contributed by atoms with van der Waals surface area (Å²) in [7, 11) is 0. The Balaban J connectivity index is 1.35. The summed E-state index contributed by atoms with van der Waals surface area (Å²) in [6.45, 7) is 2.01. The molecule has 230 valence electrons. The molecule has 0 spiro atoms. The maximum atomic E-state index is 6.58. The highest BCUT2D eigenvalue weighted by atomic mass is 15.3. The first kappa shape index (κ1) is 27.9. The van der Waals surface area contributed by atoms with Gasteiger partial charge in [0.2, 0.25) is 5.96 Å². The summed E-state index contributed by atoms with van der Waals surface area (Å²) in [5.41, 5.74) is 15.7. The molecule has 0 aliphatic carbocycles. The van der Waals surface area contributed by atoms with Gasteiger partial charge in [-0.3, -0.25) is 4.57 Å². The maximum absolute atomic E-state index is 6.58. The Kier molecular flexibility index (Phi) is 6.47. The van der Waals surface area contributed by atoms with Gasteiger partial charge in [0.1, 0.15) is 12.0 Å². The van der Waals surface area contributed by atoms with Gasteiger partial charge >= 0.3 is 0 Å². The number of hydrogen-bond donors (Lipinski definition) is 2. The maximum Gasteiger partial charge on any atom is 0.234 e. The van der Waals surface area contributed by atoms with E-state index in [9.17, 15) is 0 Å². The van der Waals surface area contributed by atoms with E-state index in [4.69, 9.17) is 15.7 Å². The SMILES string of the molecule is C/C=C\c1ccc(-n2c3ccccc3c3cc4c5ccccc5n(C5=NC(c6ccccc6)NC(c6ccccc6)=N5)c4cc32)cc1N. The number of nitrogens with two attached hydrogens (primary N) is 1. The van der Waals surface area contributed by atoms with E-state index in [2.05, 4.69) is 118 Å². The van der Waals surface area contributed by atoms with E-state index < -0.39 is 0 Å². The molecule has 6 nitrogen and oxygen atoms in total. The van der Waals surface area contributed by atoms with Gasteiger partial charge in [0.15, 0.2) is 0 Å². The van der Waals surface area contributed by atoms with Crippen LogP contribution >= 0.6 is 0 Å². The second kappa shape index (κ2) is 11.1. The van der Waals surface area contributed by atoms with Gasteiger partial charge in [0, 0.05) is 38.5 Å². The standard InChI is InChI=1S/C42H32N6/c1-2-13-27-22-23-30(24-35(27)43)47-36-20-11-9-18-31(36)33-25-34-32-19-10-12-21-37(32)48(39(34)26-38(33)47)42-45-40(28-14-5-3-6-15-28)44-41(46-42)29-16-7-4-8-17-29/h2-26,40H,43H2,1H3,(H,44,45,46)/b13-2-. The molecule has 8 aromatic rings. The van der Waals surface area contributed by atoms with Crippen molar-refractivity contribution >= 4 is 67.2 Å². The first-order chi connectivity index (χ1) is 23.7. The fourth-order valence-electron chi connectivity index (χ4n) is 7.04. The van der Waals surface area contributed by atoms with Gasteiger partial charge in [-0.1, -0.05) is 115 Å². The van der Waals surface area contributed by atoms with Crippen molar-refractivity contribution in [2.24, 2.45) is 9.98 Å². The molecule has 0 saturated heterocycles. The highest BCUT2D eigenvalue weighted by molar-refractivity contribution is 6.22. The van der Waals surface area contributed by atoms with Crippen LogP contribution in [0.25, 0.3) is 55.4 Å². The monoisotopic (exact) mass is 620 g/mol. The van der Waals surface area contributed by atoms with Crippen molar-refractivity contribution in [3.8, 4) is 5.69 Å². The van der Waals surface area contributed by atoms with E-state index in [0.29, 0.717) is 5.96 Å². The fraction of sp³-hybridized carbons (Fsp3) is 0.0476. The van der Waals surface area contributed by atoms with Crippen molar-refractivity contribution in [3.05, 3.63) is 162 Å². The van der Waals surface area contributed by atoms with Crippen LogP contribution in [-0.4, -0.2) is 20.9 Å². The van der Waals surface area contributed by atoms with Crippen molar-refractivity contribution in [2.75, 3.05) is 5.73 Å². The van der Waals surface area contributed by atoms with Crippen LogP contribution in [0, 0.1) is 0 Å². The second-order valence-electron chi connectivity index (χ2n) is 12.1. The van der Waals surface area contributed by atoms with Gasteiger partial charge in [0.25, 0.3) is 0 Å². The number of nitrogen functional groups attached to an aromatic ring is 1. The topological polar surface area (TPSA) is 72.6 Å². The number of benzene rings is 6. The Labute approximate surface area is 277 Å². The zero-order chi connectivity index (χ0) is 32.2. The predicted molar refractivity (Wildman–Crippen MR) is 201 cm³/mol. The molecular formula is C42H32N6. The molecule has 0 bridgehead atoms. The Morgan fingerprint density at radius 2 is 1.25 bits per heavy atom. The lowest BCUT2D eigenvalue weighted by Crippen LogP contribution is -2.35. The van der Waals surface area contributed by atoms with Crippen LogP contribution in [0.1, 0.15) is 29.8 Å². The molecule has 3 N–H and O–H groups in total. The molecule has 9 rings (SSSR count). The lowest BCUT2D eigenvalue weighted by molar-refractivity contribution is 0.668. The molecule has 48 heavy (non-hydrogen) atoms. The lowest BCUT2D eigenvalue weighted by atomic mass is 10.1. The quantitative estimate of drug-likeness (QED) is 0.192. The molecule has 1 unspecified atom stereocenters. The van der Waals surface area contributed by atoms with Crippen LogP contribution < -0.4 is 11.1 Å². The molecular weight excluding hydrogens is 589 g/mol. The molecule has 2 aromatic heterocycles. The zero-order valence-electron chi connectivity index (χ0n) is 26.4. The Hall–Kier alpha value is -6.40. The van der Waals surface area contributed by atoms with Crippen molar-refractivity contribution in [2.45, 2.75) is 13.1 Å². The number of hydrogen-bond acceptors (Lipinski definition) is 4. The third-order valence-corrected chi connectivity index (χ3v) is 9.23. The van der Waals surface area contributed by atoms with E-state index in [1.165, 1.54) is 10.8 Å². The van der Waals surface area contributed by atoms with Crippen LogP contribution in [0.5, 0.6) is 0 Å². The smallest absolute Gasteiger partial charge is 0.234 e. The normalized spacial score (nSPS) is 15.0. The molecule has 3 heterocycles. The number of anilines is 1. The van der Waals surface area contributed by atoms with Crippen LogP contribution in [0.4, 0.5) is 5.69 Å². The number of allylic oxidation sites excluding steroid dienone is 1. The predicted octanol–water partition coefficient (Wildman–Crippen LogP) is 9.46. The van der Waals surface area contributed by atoms with Crippen LogP contribution in [0.2, 0.25) is 0 Å². The summed E-state index contributed by atoms with van der Waals surface area (Å²) in [5.74, 6) is 1.42. The van der Waals surface area contributed by atoms with Crippen molar-refractivity contribution in [3.63, 3.8) is 0 Å². The number of rotatable bonds is 4. The van der Waals surface area contributed by atoms with Gasteiger partial charge in [-0.05, 0) is 54.4 Å². The van der Waals surface area contributed by atoms with Crippen molar-refractivity contribution in [1.29, 1.82) is 0 Å². The summed E-state index contributed by atoms with van der Waals surface area (Å²) < 4.78 is 4.53. The molecule has 6 aromatic carbocycles. The summed E-state index contributed by atoms with van der Waals surface area (Å²) in [4.78, 5) is 10.5. The van der Waals surface area contributed by atoms with Crippen LogP contribution in [0.3, 0.4) is 0 Å².